The van der Waals surface area contributed by atoms with Crippen LogP contribution in [0.4, 0.5) is 0 Å². The highest BCUT2D eigenvalue weighted by atomic mass is 16.6. The smallest absolute Gasteiger partial charge is 0.106 e. The van der Waals surface area contributed by atoms with Crippen LogP contribution < -0.4 is 0 Å². The second-order valence-corrected chi connectivity index (χ2v) is 2.63. The van der Waals surface area contributed by atoms with Gasteiger partial charge in [0.25, 0.3) is 0 Å². The van der Waals surface area contributed by atoms with Crippen LogP contribution in [0.2, 0.25) is 0 Å². The third-order valence-electron chi connectivity index (χ3n) is 1.77. The summed E-state index contributed by atoms with van der Waals surface area (Å²) in [7, 11) is 1.52. The molecule has 0 radical (unpaired) electrons. The molecule has 0 unspecified atom stereocenters. The quantitative estimate of drug-likeness (QED) is 0.556. The van der Waals surface area contributed by atoms with Crippen LogP contribution in [-0.4, -0.2) is 23.5 Å². The Morgan fingerprint density at radius 2 is 2.46 bits per heavy atom. The first kappa shape index (κ1) is 7.79. The third-order valence-corrected chi connectivity index (χ3v) is 1.77. The fourth-order valence-electron chi connectivity index (χ4n) is 1.16. The third kappa shape index (κ3) is 1.51. The van der Waals surface area contributed by atoms with Gasteiger partial charge in [0, 0.05) is 5.39 Å². The van der Waals surface area contributed by atoms with E-state index in [1.807, 2.05) is 18.2 Å². The molecular formula is C9H9N3O. The first-order valence-electron chi connectivity index (χ1n) is 3.90. The number of rotatable bonds is 2. The van der Waals surface area contributed by atoms with Crippen LogP contribution in [0.15, 0.2) is 29.6 Å². The van der Waals surface area contributed by atoms with Crippen molar-refractivity contribution in [3.05, 3.63) is 30.0 Å². The first-order valence-corrected chi connectivity index (χ1v) is 3.90. The molecule has 0 saturated carbocycles. The van der Waals surface area contributed by atoms with Gasteiger partial charge in [-0.2, -0.15) is 5.10 Å². The Balaban J connectivity index is 2.42. The molecule has 0 atom stereocenters. The van der Waals surface area contributed by atoms with E-state index in [0.29, 0.717) is 0 Å². The predicted octanol–water partition coefficient (Wildman–Crippen LogP) is 1.54. The highest BCUT2D eigenvalue weighted by molar-refractivity contribution is 5.88. The number of aromatic nitrogens is 2. The van der Waals surface area contributed by atoms with Crippen molar-refractivity contribution in [1.82, 2.24) is 10.2 Å². The molecule has 0 fully saturated rings. The number of hydrogen-bond donors (Lipinski definition) is 1. The SMILES string of the molecule is CON=Cc1ccc2[nH]ncc2c1. The molecule has 2 rings (SSSR count). The van der Waals surface area contributed by atoms with Crippen LogP contribution in [0.25, 0.3) is 10.9 Å². The van der Waals surface area contributed by atoms with E-state index in [0.717, 1.165) is 16.5 Å². The largest absolute Gasteiger partial charge is 0.399 e. The van der Waals surface area contributed by atoms with E-state index in [1.165, 1.54) is 7.11 Å². The number of H-pyrrole nitrogens is 1. The summed E-state index contributed by atoms with van der Waals surface area (Å²) in [4.78, 5) is 4.59. The van der Waals surface area contributed by atoms with Gasteiger partial charge in [0.2, 0.25) is 0 Å². The summed E-state index contributed by atoms with van der Waals surface area (Å²) in [5.41, 5.74) is 2.02. The van der Waals surface area contributed by atoms with Crippen molar-refractivity contribution in [2.24, 2.45) is 5.16 Å². The molecule has 4 nitrogen and oxygen atoms in total. The Bertz CT molecular complexity index is 433. The van der Waals surface area contributed by atoms with Crippen LogP contribution in [0.1, 0.15) is 5.56 Å². The molecule has 0 aliphatic rings. The Labute approximate surface area is 75.2 Å². The second-order valence-electron chi connectivity index (χ2n) is 2.63. The van der Waals surface area contributed by atoms with Crippen molar-refractivity contribution >= 4 is 17.1 Å². The van der Waals surface area contributed by atoms with E-state index in [9.17, 15) is 0 Å². The van der Waals surface area contributed by atoms with Crippen molar-refractivity contribution in [3.63, 3.8) is 0 Å². The molecule has 0 bridgehead atoms. The summed E-state index contributed by atoms with van der Waals surface area (Å²) >= 11 is 0. The average molecular weight is 175 g/mol. The number of oxime groups is 1. The summed E-state index contributed by atoms with van der Waals surface area (Å²) in [5.74, 6) is 0. The maximum absolute atomic E-state index is 4.59. The monoisotopic (exact) mass is 175 g/mol. The van der Waals surface area contributed by atoms with Gasteiger partial charge in [-0.05, 0) is 17.7 Å². The average Bonchev–Trinajstić information content (AvgIpc) is 2.61. The van der Waals surface area contributed by atoms with Gasteiger partial charge in [0.1, 0.15) is 7.11 Å². The highest BCUT2D eigenvalue weighted by Crippen LogP contribution is 2.11. The van der Waals surface area contributed by atoms with Crippen molar-refractivity contribution in [2.45, 2.75) is 0 Å². The normalized spacial score (nSPS) is 11.2. The molecule has 1 aromatic carbocycles. The molecule has 1 heterocycles. The Hall–Kier alpha value is -1.84. The van der Waals surface area contributed by atoms with E-state index in [1.54, 1.807) is 12.4 Å². The maximum atomic E-state index is 4.59. The first-order chi connectivity index (χ1) is 6.40. The number of nitrogens with zero attached hydrogens (tertiary/aromatic N) is 2. The second kappa shape index (κ2) is 3.26. The lowest BCUT2D eigenvalue weighted by atomic mass is 10.2. The summed E-state index contributed by atoms with van der Waals surface area (Å²) < 4.78 is 0. The predicted molar refractivity (Wildman–Crippen MR) is 50.7 cm³/mol. The summed E-state index contributed by atoms with van der Waals surface area (Å²) in [6.07, 6.45) is 3.44. The van der Waals surface area contributed by atoms with Gasteiger partial charge < -0.3 is 4.84 Å². The van der Waals surface area contributed by atoms with Crippen molar-refractivity contribution in [3.8, 4) is 0 Å². The van der Waals surface area contributed by atoms with Crippen LogP contribution in [0.5, 0.6) is 0 Å². The van der Waals surface area contributed by atoms with Crippen molar-refractivity contribution < 1.29 is 4.84 Å². The molecule has 2 aromatic rings. The Morgan fingerprint density at radius 1 is 1.54 bits per heavy atom. The minimum Gasteiger partial charge on any atom is -0.399 e. The standard InChI is InChI=1S/C9H9N3O/c1-13-11-5-7-2-3-9-8(4-7)6-10-12-9/h2-6H,1H3,(H,10,12). The number of hydrogen-bond acceptors (Lipinski definition) is 3. The van der Waals surface area contributed by atoms with Crippen LogP contribution >= 0.6 is 0 Å². The van der Waals surface area contributed by atoms with Gasteiger partial charge in [-0.3, -0.25) is 5.10 Å². The Morgan fingerprint density at radius 3 is 3.31 bits per heavy atom. The molecule has 0 aliphatic heterocycles. The van der Waals surface area contributed by atoms with Gasteiger partial charge >= 0.3 is 0 Å². The van der Waals surface area contributed by atoms with Crippen LogP contribution in [-0.2, 0) is 4.84 Å². The van der Waals surface area contributed by atoms with E-state index in [-0.39, 0.29) is 0 Å². The molecule has 66 valence electrons. The van der Waals surface area contributed by atoms with E-state index in [2.05, 4.69) is 20.2 Å². The zero-order chi connectivity index (χ0) is 9.10. The molecule has 4 heteroatoms. The van der Waals surface area contributed by atoms with E-state index < -0.39 is 0 Å². The maximum Gasteiger partial charge on any atom is 0.106 e. The molecule has 1 aromatic heterocycles. The molecule has 13 heavy (non-hydrogen) atoms. The zero-order valence-corrected chi connectivity index (χ0v) is 7.19. The lowest BCUT2D eigenvalue weighted by Gasteiger charge is -1.92. The van der Waals surface area contributed by atoms with E-state index in [4.69, 9.17) is 0 Å². The molecule has 0 amide bonds. The number of nitrogens with one attached hydrogen (secondary N) is 1. The van der Waals surface area contributed by atoms with Crippen LogP contribution in [0, 0.1) is 0 Å². The van der Waals surface area contributed by atoms with Gasteiger partial charge in [0.05, 0.1) is 17.9 Å². The van der Waals surface area contributed by atoms with Crippen molar-refractivity contribution in [1.29, 1.82) is 0 Å². The summed E-state index contributed by atoms with van der Waals surface area (Å²) in [6.45, 7) is 0. The number of benzene rings is 1. The number of aromatic amines is 1. The Kier molecular flexibility index (Phi) is 1.96. The minimum atomic E-state index is 0.996. The van der Waals surface area contributed by atoms with Crippen molar-refractivity contribution in [2.75, 3.05) is 7.11 Å². The lowest BCUT2D eigenvalue weighted by Crippen LogP contribution is -1.80. The molecule has 0 aliphatic carbocycles. The number of fused-ring (bicyclic) bond motifs is 1. The van der Waals surface area contributed by atoms with E-state index >= 15 is 0 Å². The molecule has 1 N–H and O–H groups in total. The van der Waals surface area contributed by atoms with Gasteiger partial charge in [-0.1, -0.05) is 11.2 Å². The molecule has 0 saturated heterocycles. The fraction of sp³-hybridized carbons (Fsp3) is 0.111. The molecule has 0 spiro atoms. The topological polar surface area (TPSA) is 50.3 Å². The fourth-order valence-corrected chi connectivity index (χ4v) is 1.16. The minimum absolute atomic E-state index is 0.996. The van der Waals surface area contributed by atoms with Gasteiger partial charge in [-0.25, -0.2) is 0 Å². The van der Waals surface area contributed by atoms with Crippen LogP contribution in [0.3, 0.4) is 0 Å². The summed E-state index contributed by atoms with van der Waals surface area (Å²) in [6, 6.07) is 5.89. The lowest BCUT2D eigenvalue weighted by molar-refractivity contribution is 0.215. The highest BCUT2D eigenvalue weighted by Gasteiger charge is 1.95. The zero-order valence-electron chi connectivity index (χ0n) is 7.19. The summed E-state index contributed by atoms with van der Waals surface area (Å²) in [5, 5.41) is 11.5. The molecular weight excluding hydrogens is 166 g/mol. The van der Waals surface area contributed by atoms with Gasteiger partial charge in [0.15, 0.2) is 0 Å². The van der Waals surface area contributed by atoms with Gasteiger partial charge in [-0.15, -0.1) is 0 Å².